The molecular weight excluding hydrogens is 142 g/mol. The second-order valence-electron chi connectivity index (χ2n) is 3.00. The molecule has 0 spiro atoms. The van der Waals surface area contributed by atoms with Crippen molar-refractivity contribution in [2.75, 3.05) is 33.4 Å². The average molecular weight is 159 g/mol. The predicted octanol–water partition coefficient (Wildman–Crippen LogP) is 0.0895. The van der Waals surface area contributed by atoms with E-state index in [2.05, 4.69) is 4.90 Å². The molecule has 3 heteroatoms. The minimum Gasteiger partial charge on any atom is -0.395 e. The van der Waals surface area contributed by atoms with Crippen LogP contribution < -0.4 is 0 Å². The molecule has 0 saturated carbocycles. The van der Waals surface area contributed by atoms with Crippen LogP contribution in [0.2, 0.25) is 0 Å². The molecule has 1 N–H and O–H groups in total. The highest BCUT2D eigenvalue weighted by molar-refractivity contribution is 4.71. The van der Waals surface area contributed by atoms with Crippen LogP contribution in [0.15, 0.2) is 0 Å². The Morgan fingerprint density at radius 3 is 2.55 bits per heavy atom. The summed E-state index contributed by atoms with van der Waals surface area (Å²) in [6, 6.07) is 0. The Bertz CT molecular complexity index is 100. The van der Waals surface area contributed by atoms with Gasteiger partial charge in [-0.1, -0.05) is 0 Å². The molecule has 1 aliphatic heterocycles. The molecule has 0 atom stereocenters. The van der Waals surface area contributed by atoms with Gasteiger partial charge in [0, 0.05) is 26.7 Å². The lowest BCUT2D eigenvalue weighted by atomic mass is 10.1. The monoisotopic (exact) mass is 159 g/mol. The highest BCUT2D eigenvalue weighted by Gasteiger charge is 2.17. The summed E-state index contributed by atoms with van der Waals surface area (Å²) < 4.78 is 5.23. The zero-order valence-corrected chi connectivity index (χ0v) is 7.12. The molecule has 0 aromatic carbocycles. The standard InChI is InChI=1S/C8H17NO2/c1-11-8-2-4-9(5-3-8)6-7-10/h8,10H,2-7H2,1H3. The van der Waals surface area contributed by atoms with Gasteiger partial charge in [-0.25, -0.2) is 0 Å². The summed E-state index contributed by atoms with van der Waals surface area (Å²) in [6.07, 6.45) is 2.66. The van der Waals surface area contributed by atoms with Crippen molar-refractivity contribution in [1.29, 1.82) is 0 Å². The fourth-order valence-electron chi connectivity index (χ4n) is 1.51. The summed E-state index contributed by atoms with van der Waals surface area (Å²) in [7, 11) is 1.77. The van der Waals surface area contributed by atoms with Crippen molar-refractivity contribution in [3.63, 3.8) is 0 Å². The van der Waals surface area contributed by atoms with E-state index < -0.39 is 0 Å². The van der Waals surface area contributed by atoms with Crippen molar-refractivity contribution in [3.05, 3.63) is 0 Å². The number of rotatable bonds is 3. The van der Waals surface area contributed by atoms with Crippen LogP contribution in [0.3, 0.4) is 0 Å². The Morgan fingerprint density at radius 2 is 2.09 bits per heavy atom. The maximum absolute atomic E-state index is 8.67. The van der Waals surface area contributed by atoms with Gasteiger partial charge in [-0.3, -0.25) is 0 Å². The van der Waals surface area contributed by atoms with Gasteiger partial charge in [0.15, 0.2) is 0 Å². The van der Waals surface area contributed by atoms with Crippen molar-refractivity contribution in [2.24, 2.45) is 0 Å². The van der Waals surface area contributed by atoms with E-state index in [4.69, 9.17) is 9.84 Å². The van der Waals surface area contributed by atoms with Crippen LogP contribution in [0.4, 0.5) is 0 Å². The molecule has 0 amide bonds. The van der Waals surface area contributed by atoms with Gasteiger partial charge >= 0.3 is 0 Å². The number of piperidine rings is 1. The van der Waals surface area contributed by atoms with Crippen LogP contribution in [0.25, 0.3) is 0 Å². The van der Waals surface area contributed by atoms with Gasteiger partial charge in [-0.05, 0) is 12.8 Å². The lowest BCUT2D eigenvalue weighted by Crippen LogP contribution is -2.38. The van der Waals surface area contributed by atoms with Crippen LogP contribution in [0.1, 0.15) is 12.8 Å². The van der Waals surface area contributed by atoms with Crippen molar-refractivity contribution in [1.82, 2.24) is 4.90 Å². The highest BCUT2D eigenvalue weighted by Crippen LogP contribution is 2.11. The number of β-amino-alcohol motifs (C(OH)–C–C–N with tert-alkyl or cyclic N) is 1. The van der Waals surface area contributed by atoms with Crippen LogP contribution in [0.5, 0.6) is 0 Å². The van der Waals surface area contributed by atoms with Gasteiger partial charge in [0.1, 0.15) is 0 Å². The van der Waals surface area contributed by atoms with Gasteiger partial charge in [-0.15, -0.1) is 0 Å². The molecular formula is C8H17NO2. The molecule has 11 heavy (non-hydrogen) atoms. The first-order chi connectivity index (χ1) is 5.36. The average Bonchev–Trinajstić information content (AvgIpc) is 2.07. The Morgan fingerprint density at radius 1 is 1.45 bits per heavy atom. The van der Waals surface area contributed by atoms with E-state index in [9.17, 15) is 0 Å². The van der Waals surface area contributed by atoms with E-state index in [1.165, 1.54) is 0 Å². The number of aliphatic hydroxyl groups is 1. The number of ether oxygens (including phenoxy) is 1. The third-order valence-corrected chi connectivity index (χ3v) is 2.28. The zero-order valence-electron chi connectivity index (χ0n) is 7.12. The van der Waals surface area contributed by atoms with Crippen molar-refractivity contribution in [3.8, 4) is 0 Å². The molecule has 1 fully saturated rings. The third-order valence-electron chi connectivity index (χ3n) is 2.28. The molecule has 0 bridgehead atoms. The molecule has 1 aliphatic rings. The summed E-state index contributed by atoms with van der Waals surface area (Å²) in [5.41, 5.74) is 0. The SMILES string of the molecule is COC1CCN(CCO)CC1. The second-order valence-corrected chi connectivity index (χ2v) is 3.00. The summed E-state index contributed by atoms with van der Waals surface area (Å²) in [6.45, 7) is 3.23. The molecule has 0 radical (unpaired) electrons. The van der Waals surface area contributed by atoms with Crippen LogP contribution in [-0.4, -0.2) is 49.5 Å². The summed E-state index contributed by atoms with van der Waals surface area (Å²) in [5, 5.41) is 8.67. The van der Waals surface area contributed by atoms with Gasteiger partial charge in [0.2, 0.25) is 0 Å². The molecule has 3 nitrogen and oxygen atoms in total. The molecule has 0 aromatic heterocycles. The maximum Gasteiger partial charge on any atom is 0.0595 e. The molecule has 1 saturated heterocycles. The van der Waals surface area contributed by atoms with Gasteiger partial charge in [0.25, 0.3) is 0 Å². The first kappa shape index (κ1) is 8.97. The lowest BCUT2D eigenvalue weighted by molar-refractivity contribution is 0.0364. The molecule has 0 aliphatic carbocycles. The van der Waals surface area contributed by atoms with E-state index in [0.717, 1.165) is 32.5 Å². The number of likely N-dealkylation sites (tertiary alicyclic amines) is 1. The quantitative estimate of drug-likeness (QED) is 0.633. The van der Waals surface area contributed by atoms with E-state index >= 15 is 0 Å². The normalized spacial score (nSPS) is 22.4. The van der Waals surface area contributed by atoms with Gasteiger partial charge in [0.05, 0.1) is 12.7 Å². The highest BCUT2D eigenvalue weighted by atomic mass is 16.5. The smallest absolute Gasteiger partial charge is 0.0595 e. The lowest BCUT2D eigenvalue weighted by Gasteiger charge is -2.30. The topological polar surface area (TPSA) is 32.7 Å². The molecule has 0 aromatic rings. The van der Waals surface area contributed by atoms with Crippen molar-refractivity contribution < 1.29 is 9.84 Å². The minimum atomic E-state index is 0.275. The van der Waals surface area contributed by atoms with Crippen LogP contribution in [-0.2, 0) is 4.74 Å². The molecule has 66 valence electrons. The Labute approximate surface area is 68.0 Å². The summed E-state index contributed by atoms with van der Waals surface area (Å²) >= 11 is 0. The first-order valence-corrected chi connectivity index (χ1v) is 4.23. The van der Waals surface area contributed by atoms with Crippen LogP contribution >= 0.6 is 0 Å². The third kappa shape index (κ3) is 2.77. The predicted molar refractivity (Wildman–Crippen MR) is 43.6 cm³/mol. The van der Waals surface area contributed by atoms with Crippen molar-refractivity contribution in [2.45, 2.75) is 18.9 Å². The van der Waals surface area contributed by atoms with Crippen molar-refractivity contribution >= 4 is 0 Å². The van der Waals surface area contributed by atoms with E-state index in [0.29, 0.717) is 6.10 Å². The largest absolute Gasteiger partial charge is 0.395 e. The Balaban J connectivity index is 2.14. The summed E-state index contributed by atoms with van der Waals surface area (Å²) in [4.78, 5) is 2.27. The molecule has 1 heterocycles. The second kappa shape index (κ2) is 4.70. The molecule has 1 rings (SSSR count). The fraction of sp³-hybridized carbons (Fsp3) is 1.00. The number of hydrogen-bond acceptors (Lipinski definition) is 3. The van der Waals surface area contributed by atoms with Crippen LogP contribution in [0, 0.1) is 0 Å². The Hall–Kier alpha value is -0.120. The van der Waals surface area contributed by atoms with E-state index in [1.807, 2.05) is 0 Å². The molecule has 0 unspecified atom stereocenters. The maximum atomic E-state index is 8.67. The van der Waals surface area contributed by atoms with Gasteiger partial charge < -0.3 is 14.7 Å². The fourth-order valence-corrected chi connectivity index (χ4v) is 1.51. The van der Waals surface area contributed by atoms with E-state index in [1.54, 1.807) is 7.11 Å². The van der Waals surface area contributed by atoms with Gasteiger partial charge in [-0.2, -0.15) is 0 Å². The number of nitrogens with zero attached hydrogens (tertiary/aromatic N) is 1. The first-order valence-electron chi connectivity index (χ1n) is 4.23. The zero-order chi connectivity index (χ0) is 8.10. The number of hydrogen-bond donors (Lipinski definition) is 1. The Kier molecular flexibility index (Phi) is 3.83. The number of methoxy groups -OCH3 is 1. The minimum absolute atomic E-state index is 0.275. The number of aliphatic hydroxyl groups excluding tert-OH is 1. The summed E-state index contributed by atoms with van der Waals surface area (Å²) in [5.74, 6) is 0. The van der Waals surface area contributed by atoms with E-state index in [-0.39, 0.29) is 6.61 Å².